The summed E-state index contributed by atoms with van der Waals surface area (Å²) in [5.74, 6) is 3.22. The lowest BCUT2D eigenvalue weighted by molar-refractivity contribution is -0.128. The van der Waals surface area contributed by atoms with Gasteiger partial charge in [0.25, 0.3) is 0 Å². The van der Waals surface area contributed by atoms with Gasteiger partial charge < -0.3 is 9.67 Å². The lowest BCUT2D eigenvalue weighted by Gasteiger charge is -2.34. The van der Waals surface area contributed by atoms with E-state index in [2.05, 4.69) is 106 Å². The van der Waals surface area contributed by atoms with Gasteiger partial charge in [-0.2, -0.15) is 0 Å². The highest BCUT2D eigenvalue weighted by atomic mass is 35.5. The van der Waals surface area contributed by atoms with Gasteiger partial charge in [-0.25, -0.2) is 4.98 Å². The van der Waals surface area contributed by atoms with Crippen LogP contribution in [-0.2, 0) is 29.9 Å². The molecule has 0 saturated carbocycles. The van der Waals surface area contributed by atoms with Gasteiger partial charge in [-0.05, 0) is 56.9 Å². The van der Waals surface area contributed by atoms with E-state index in [9.17, 15) is 9.90 Å². The number of halogens is 1. The lowest BCUT2D eigenvalue weighted by atomic mass is 9.77. The standard InChI is InChI=1S/C41H37ClN6O.C11H22O/c1-2-3-23-38-43-39(42)37(29-49)47(38)28-30-24-26-31(27-25-30)35-21-13-14-22-36(35)40-44-46-48(45-40)41(32-15-7-4-8-16-32,33-17-9-5-10-18-33)34-19-11-6-12-20-34;1-7(2)9(5)11(12)10(6)8(3)4/h4-22,24-27,49H,2-3,23,28-29H2,1H3;7-10H,1-6H3. The fourth-order valence-corrected chi connectivity index (χ4v) is 7.95. The topological polar surface area (TPSA) is 98.7 Å². The number of unbranched alkanes of at least 4 members (excludes halogenated alkanes) is 1. The number of imidazole rings is 1. The zero-order valence-corrected chi connectivity index (χ0v) is 37.3. The molecule has 2 heterocycles. The highest BCUT2D eigenvalue weighted by Gasteiger charge is 2.41. The Labute approximate surface area is 366 Å². The summed E-state index contributed by atoms with van der Waals surface area (Å²) >= 11 is 6.40. The number of ketones is 1. The maximum Gasteiger partial charge on any atom is 0.205 e. The molecule has 316 valence electrons. The maximum absolute atomic E-state index is 11.7. The first-order valence-corrected chi connectivity index (χ1v) is 21.9. The van der Waals surface area contributed by atoms with Crippen molar-refractivity contribution in [2.75, 3.05) is 0 Å². The molecule has 8 nitrogen and oxygen atoms in total. The van der Waals surface area contributed by atoms with Crippen LogP contribution in [0.25, 0.3) is 22.5 Å². The van der Waals surface area contributed by atoms with Crippen molar-refractivity contribution in [3.05, 3.63) is 178 Å². The zero-order chi connectivity index (χ0) is 43.5. The highest BCUT2D eigenvalue weighted by molar-refractivity contribution is 6.30. The number of aliphatic hydroxyl groups excluding tert-OH is 1. The summed E-state index contributed by atoms with van der Waals surface area (Å²) < 4.78 is 2.04. The number of carbonyl (C=O) groups excluding carboxylic acids is 1. The summed E-state index contributed by atoms with van der Waals surface area (Å²) in [4.78, 5) is 18.0. The van der Waals surface area contributed by atoms with Crippen molar-refractivity contribution < 1.29 is 9.90 Å². The van der Waals surface area contributed by atoms with Crippen LogP contribution in [0.4, 0.5) is 0 Å². The maximum atomic E-state index is 11.7. The van der Waals surface area contributed by atoms with Crippen LogP contribution < -0.4 is 0 Å². The molecule has 1 N–H and O–H groups in total. The van der Waals surface area contributed by atoms with Gasteiger partial charge in [-0.15, -0.1) is 15.0 Å². The van der Waals surface area contributed by atoms with Crippen molar-refractivity contribution in [2.45, 2.75) is 86.4 Å². The molecule has 0 aliphatic rings. The SMILES string of the molecule is CC(C)C(C)C(=O)C(C)C(C)C.CCCCc1nc(Cl)c(CO)n1Cc1ccc(-c2ccccc2-c2nnn(C(c3ccccc3)(c3ccccc3)c3ccccc3)n2)cc1. The van der Waals surface area contributed by atoms with Gasteiger partial charge >= 0.3 is 0 Å². The summed E-state index contributed by atoms with van der Waals surface area (Å²) in [7, 11) is 0. The summed E-state index contributed by atoms with van der Waals surface area (Å²) in [6.07, 6.45) is 2.88. The van der Waals surface area contributed by atoms with E-state index in [4.69, 9.17) is 27.0 Å². The fourth-order valence-electron chi connectivity index (χ4n) is 7.69. The van der Waals surface area contributed by atoms with Crippen molar-refractivity contribution >= 4 is 17.4 Å². The van der Waals surface area contributed by atoms with Crippen molar-refractivity contribution in [3.63, 3.8) is 0 Å². The van der Waals surface area contributed by atoms with E-state index in [1.807, 2.05) is 91.2 Å². The number of hydrogen-bond acceptors (Lipinski definition) is 6. The van der Waals surface area contributed by atoms with Crippen LogP contribution in [0.5, 0.6) is 0 Å². The molecule has 7 rings (SSSR count). The Morgan fingerprint density at radius 2 is 1.18 bits per heavy atom. The van der Waals surface area contributed by atoms with Crippen LogP contribution in [-0.4, -0.2) is 40.6 Å². The predicted molar refractivity (Wildman–Crippen MR) is 247 cm³/mol. The molecule has 0 radical (unpaired) electrons. The third kappa shape index (κ3) is 9.93. The summed E-state index contributed by atoms with van der Waals surface area (Å²) in [5, 5.41) is 25.0. The number of rotatable bonds is 16. The molecule has 0 aliphatic carbocycles. The number of aromatic nitrogens is 6. The molecule has 2 unspecified atom stereocenters. The Morgan fingerprint density at radius 1 is 0.689 bits per heavy atom. The molecule has 9 heteroatoms. The predicted octanol–water partition coefficient (Wildman–Crippen LogP) is 11.7. The average molecular weight is 836 g/mol. The number of carbonyl (C=O) groups is 1. The van der Waals surface area contributed by atoms with Gasteiger partial charge in [0.2, 0.25) is 5.82 Å². The van der Waals surface area contributed by atoms with Crippen LogP contribution in [0.2, 0.25) is 5.15 Å². The second kappa shape index (κ2) is 20.7. The molecule has 0 amide bonds. The van der Waals surface area contributed by atoms with Crippen LogP contribution in [0.1, 0.15) is 95.1 Å². The first-order valence-electron chi connectivity index (χ1n) is 21.5. The van der Waals surface area contributed by atoms with Crippen molar-refractivity contribution in [1.82, 2.24) is 29.8 Å². The minimum atomic E-state index is -0.856. The lowest BCUT2D eigenvalue weighted by Crippen LogP contribution is -2.39. The Morgan fingerprint density at radius 3 is 1.66 bits per heavy atom. The van der Waals surface area contributed by atoms with E-state index in [1.165, 1.54) is 0 Å². The Balaban J connectivity index is 0.000000453. The third-order valence-electron chi connectivity index (χ3n) is 12.0. The molecule has 7 aromatic rings. The summed E-state index contributed by atoms with van der Waals surface area (Å²) in [6.45, 7) is 15.1. The molecule has 5 aromatic carbocycles. The Hall–Kier alpha value is -5.70. The number of tetrazole rings is 1. The van der Waals surface area contributed by atoms with Crippen LogP contribution in [0, 0.1) is 23.7 Å². The number of aliphatic hydroxyl groups is 1. The largest absolute Gasteiger partial charge is 0.390 e. The third-order valence-corrected chi connectivity index (χ3v) is 12.3. The molecule has 0 fully saturated rings. The molecule has 0 aliphatic heterocycles. The van der Waals surface area contributed by atoms with E-state index >= 15 is 0 Å². The number of aryl methyl sites for hydroxylation is 1. The quantitative estimate of drug-likeness (QED) is 0.0974. The minimum absolute atomic E-state index is 0.156. The number of hydrogen-bond donors (Lipinski definition) is 1. The number of nitrogens with zero attached hydrogens (tertiary/aromatic N) is 6. The van der Waals surface area contributed by atoms with Crippen molar-refractivity contribution in [3.8, 4) is 22.5 Å². The van der Waals surface area contributed by atoms with Crippen molar-refractivity contribution in [1.29, 1.82) is 0 Å². The molecular weight excluding hydrogens is 776 g/mol. The summed E-state index contributed by atoms with van der Waals surface area (Å²) in [5.41, 5.74) is 6.89. The molecule has 2 atom stereocenters. The van der Waals surface area contributed by atoms with E-state index in [-0.39, 0.29) is 18.4 Å². The van der Waals surface area contributed by atoms with Gasteiger partial charge in [0, 0.05) is 30.4 Å². The second-order valence-corrected chi connectivity index (χ2v) is 16.9. The Bertz CT molecular complexity index is 2330. The van der Waals surface area contributed by atoms with Crippen LogP contribution in [0.3, 0.4) is 0 Å². The van der Waals surface area contributed by atoms with Gasteiger partial charge in [0.05, 0.1) is 12.3 Å². The normalized spacial score (nSPS) is 12.6. The minimum Gasteiger partial charge on any atom is -0.390 e. The van der Waals surface area contributed by atoms with E-state index in [0.717, 1.165) is 64.0 Å². The molecule has 0 bridgehead atoms. The van der Waals surface area contributed by atoms with Crippen LogP contribution >= 0.6 is 11.6 Å². The highest BCUT2D eigenvalue weighted by Crippen LogP contribution is 2.40. The average Bonchev–Trinajstić information content (AvgIpc) is 3.90. The van der Waals surface area contributed by atoms with Crippen molar-refractivity contribution in [2.24, 2.45) is 23.7 Å². The summed E-state index contributed by atoms with van der Waals surface area (Å²) in [6, 6.07) is 47.7. The van der Waals surface area contributed by atoms with E-state index in [1.54, 1.807) is 4.80 Å². The number of benzene rings is 5. The van der Waals surface area contributed by atoms with Gasteiger partial charge in [-0.1, -0.05) is 206 Å². The molecular formula is C52H59ClN6O2. The first-order chi connectivity index (χ1) is 29.5. The number of Topliss-reactive ketones (excluding diaryl/α,β-unsaturated/α-hetero) is 1. The molecule has 61 heavy (non-hydrogen) atoms. The smallest absolute Gasteiger partial charge is 0.205 e. The monoisotopic (exact) mass is 834 g/mol. The molecule has 2 aromatic heterocycles. The fraction of sp³-hybridized carbons (Fsp3) is 0.327. The van der Waals surface area contributed by atoms with Gasteiger partial charge in [0.1, 0.15) is 11.6 Å². The Kier molecular flexibility index (Phi) is 15.2. The first kappa shape index (κ1) is 44.8. The van der Waals surface area contributed by atoms with E-state index < -0.39 is 5.54 Å². The molecule has 0 saturated heterocycles. The zero-order valence-electron chi connectivity index (χ0n) is 36.5. The van der Waals surface area contributed by atoms with E-state index in [0.29, 0.717) is 40.8 Å². The van der Waals surface area contributed by atoms with Gasteiger partial charge in [0.15, 0.2) is 10.7 Å². The van der Waals surface area contributed by atoms with Crippen LogP contribution in [0.15, 0.2) is 140 Å². The molecule has 0 spiro atoms. The van der Waals surface area contributed by atoms with Gasteiger partial charge in [-0.3, -0.25) is 4.79 Å². The second-order valence-electron chi connectivity index (χ2n) is 16.5.